The van der Waals surface area contributed by atoms with Crippen LogP contribution in [0.25, 0.3) is 0 Å². The molecule has 0 aliphatic carbocycles. The van der Waals surface area contributed by atoms with E-state index in [2.05, 4.69) is 14.3 Å². The second-order valence-electron chi connectivity index (χ2n) is 3.28. The Labute approximate surface area is 102 Å². The van der Waals surface area contributed by atoms with Crippen molar-refractivity contribution in [1.82, 2.24) is 14.3 Å². The van der Waals surface area contributed by atoms with Crippen molar-refractivity contribution in [2.45, 2.75) is 29.6 Å². The van der Waals surface area contributed by atoms with E-state index in [0.29, 0.717) is 0 Å². The topological polar surface area (TPSA) is 64.7 Å². The minimum Gasteiger partial charge on any atom is -0.396 e. The largest absolute Gasteiger partial charge is 0.396 e. The van der Waals surface area contributed by atoms with E-state index in [4.69, 9.17) is 5.73 Å². The Balaban J connectivity index is 2.23. The predicted molar refractivity (Wildman–Crippen MR) is 66.8 cm³/mol. The summed E-state index contributed by atoms with van der Waals surface area (Å²) in [5.74, 6) is 0.874. The van der Waals surface area contributed by atoms with Crippen LogP contribution in [0, 0.1) is 6.92 Å². The third kappa shape index (κ3) is 2.33. The van der Waals surface area contributed by atoms with E-state index in [9.17, 15) is 0 Å². The van der Waals surface area contributed by atoms with Gasteiger partial charge in [0.15, 0.2) is 4.34 Å². The standard InChI is InChI=1S/C10H12N4S2/c1-3-7-13-10(16-14-7)15-9-8(11)6(2)4-5-12-9/h4-5H,3,11H2,1-2H3. The summed E-state index contributed by atoms with van der Waals surface area (Å²) in [7, 11) is 0. The number of nitrogen functional groups attached to an aromatic ring is 1. The molecule has 0 bridgehead atoms. The summed E-state index contributed by atoms with van der Waals surface area (Å²) in [6.45, 7) is 4.01. The molecule has 0 saturated carbocycles. The summed E-state index contributed by atoms with van der Waals surface area (Å²) in [4.78, 5) is 8.62. The van der Waals surface area contributed by atoms with Crippen molar-refractivity contribution in [3.05, 3.63) is 23.7 Å². The van der Waals surface area contributed by atoms with E-state index in [1.807, 2.05) is 19.9 Å². The highest BCUT2D eigenvalue weighted by atomic mass is 32.2. The zero-order valence-electron chi connectivity index (χ0n) is 9.10. The summed E-state index contributed by atoms with van der Waals surface area (Å²) in [6, 6.07) is 1.90. The SMILES string of the molecule is CCc1nsc(Sc2nccc(C)c2N)n1. The summed E-state index contributed by atoms with van der Waals surface area (Å²) in [5.41, 5.74) is 7.71. The third-order valence-corrected chi connectivity index (χ3v) is 3.93. The van der Waals surface area contributed by atoms with Crippen LogP contribution in [0.1, 0.15) is 18.3 Å². The Bertz CT molecular complexity index is 495. The molecule has 4 nitrogen and oxygen atoms in total. The predicted octanol–water partition coefficient (Wildman–Crippen LogP) is 2.54. The molecule has 2 aromatic heterocycles. The molecule has 2 rings (SSSR count). The van der Waals surface area contributed by atoms with Gasteiger partial charge in [0.1, 0.15) is 10.9 Å². The van der Waals surface area contributed by atoms with Crippen molar-refractivity contribution in [1.29, 1.82) is 0 Å². The number of hydrogen-bond donors (Lipinski definition) is 1. The first-order valence-electron chi connectivity index (χ1n) is 4.92. The molecule has 2 aromatic rings. The van der Waals surface area contributed by atoms with Gasteiger partial charge in [-0.05, 0) is 41.8 Å². The Morgan fingerprint density at radius 3 is 3.00 bits per heavy atom. The van der Waals surface area contributed by atoms with Gasteiger partial charge >= 0.3 is 0 Å². The molecule has 0 atom stereocenters. The number of aryl methyl sites for hydroxylation is 2. The first-order valence-corrected chi connectivity index (χ1v) is 6.51. The minimum atomic E-state index is 0.723. The molecule has 0 fully saturated rings. The van der Waals surface area contributed by atoms with Crippen molar-refractivity contribution in [2.24, 2.45) is 0 Å². The number of anilines is 1. The van der Waals surface area contributed by atoms with Crippen LogP contribution in [0.5, 0.6) is 0 Å². The van der Waals surface area contributed by atoms with Crippen LogP contribution in [0.15, 0.2) is 21.6 Å². The summed E-state index contributed by atoms with van der Waals surface area (Å²) in [5, 5.41) is 0.804. The first-order chi connectivity index (χ1) is 7.70. The van der Waals surface area contributed by atoms with Gasteiger partial charge in [-0.2, -0.15) is 4.37 Å². The lowest BCUT2D eigenvalue weighted by atomic mass is 10.3. The van der Waals surface area contributed by atoms with Gasteiger partial charge in [-0.15, -0.1) is 0 Å². The first kappa shape index (κ1) is 11.3. The Morgan fingerprint density at radius 1 is 1.50 bits per heavy atom. The number of rotatable bonds is 3. The molecule has 6 heteroatoms. The second kappa shape index (κ2) is 4.80. The van der Waals surface area contributed by atoms with Gasteiger partial charge in [-0.1, -0.05) is 6.92 Å². The van der Waals surface area contributed by atoms with Crippen molar-refractivity contribution in [3.63, 3.8) is 0 Å². The zero-order valence-corrected chi connectivity index (χ0v) is 10.7. The van der Waals surface area contributed by atoms with Gasteiger partial charge < -0.3 is 5.73 Å². The quantitative estimate of drug-likeness (QED) is 0.909. The molecule has 84 valence electrons. The van der Waals surface area contributed by atoms with E-state index >= 15 is 0 Å². The van der Waals surface area contributed by atoms with Gasteiger partial charge in [-0.3, -0.25) is 0 Å². The highest BCUT2D eigenvalue weighted by Gasteiger charge is 2.09. The molecule has 0 aliphatic rings. The molecule has 2 N–H and O–H groups in total. The van der Waals surface area contributed by atoms with Crippen LogP contribution in [0.2, 0.25) is 0 Å². The molecule has 0 unspecified atom stereocenters. The van der Waals surface area contributed by atoms with Crippen LogP contribution in [-0.2, 0) is 6.42 Å². The van der Waals surface area contributed by atoms with E-state index in [1.54, 1.807) is 6.20 Å². The maximum atomic E-state index is 5.94. The van der Waals surface area contributed by atoms with E-state index < -0.39 is 0 Å². The Kier molecular flexibility index (Phi) is 3.40. The molecule has 0 radical (unpaired) electrons. The van der Waals surface area contributed by atoms with Gasteiger partial charge in [0.05, 0.1) is 5.69 Å². The van der Waals surface area contributed by atoms with E-state index in [1.165, 1.54) is 23.3 Å². The lowest BCUT2D eigenvalue weighted by molar-refractivity contribution is 0.970. The van der Waals surface area contributed by atoms with Crippen molar-refractivity contribution >= 4 is 29.0 Å². The Morgan fingerprint density at radius 2 is 2.31 bits per heavy atom. The van der Waals surface area contributed by atoms with Crippen LogP contribution in [0.4, 0.5) is 5.69 Å². The van der Waals surface area contributed by atoms with Crippen molar-refractivity contribution in [2.75, 3.05) is 5.73 Å². The number of pyridine rings is 1. The van der Waals surface area contributed by atoms with Gasteiger partial charge in [0, 0.05) is 12.6 Å². The van der Waals surface area contributed by atoms with Gasteiger partial charge in [0.25, 0.3) is 0 Å². The highest BCUT2D eigenvalue weighted by Crippen LogP contribution is 2.32. The van der Waals surface area contributed by atoms with Crippen molar-refractivity contribution < 1.29 is 0 Å². The lowest BCUT2D eigenvalue weighted by Gasteiger charge is -2.03. The third-order valence-electron chi connectivity index (χ3n) is 2.12. The average Bonchev–Trinajstić information content (AvgIpc) is 2.73. The molecule has 0 spiro atoms. The van der Waals surface area contributed by atoms with Gasteiger partial charge in [0.2, 0.25) is 0 Å². The Hall–Kier alpha value is -1.14. The molecule has 16 heavy (non-hydrogen) atoms. The molecule has 0 aromatic carbocycles. The molecular weight excluding hydrogens is 240 g/mol. The summed E-state index contributed by atoms with van der Waals surface area (Å²) in [6.07, 6.45) is 2.61. The van der Waals surface area contributed by atoms with E-state index in [0.717, 1.165) is 32.9 Å². The summed E-state index contributed by atoms with van der Waals surface area (Å²) < 4.78 is 5.11. The molecule has 0 aliphatic heterocycles. The van der Waals surface area contributed by atoms with Crippen LogP contribution < -0.4 is 5.73 Å². The maximum Gasteiger partial charge on any atom is 0.176 e. The molecular formula is C10H12N4S2. The fourth-order valence-corrected chi connectivity index (χ4v) is 2.83. The lowest BCUT2D eigenvalue weighted by Crippen LogP contribution is -1.94. The minimum absolute atomic E-state index is 0.723. The van der Waals surface area contributed by atoms with Crippen molar-refractivity contribution in [3.8, 4) is 0 Å². The second-order valence-corrected chi connectivity index (χ2v) is 5.27. The molecule has 0 amide bonds. The molecule has 2 heterocycles. The number of nitrogens with zero attached hydrogens (tertiary/aromatic N) is 3. The van der Waals surface area contributed by atoms with Crippen LogP contribution >= 0.6 is 23.3 Å². The summed E-state index contributed by atoms with van der Waals surface area (Å²) >= 11 is 2.86. The van der Waals surface area contributed by atoms with Gasteiger partial charge in [-0.25, -0.2) is 9.97 Å². The van der Waals surface area contributed by atoms with E-state index in [-0.39, 0.29) is 0 Å². The highest BCUT2D eigenvalue weighted by molar-refractivity contribution is 8.01. The number of aromatic nitrogens is 3. The van der Waals surface area contributed by atoms with Crippen LogP contribution in [-0.4, -0.2) is 14.3 Å². The number of nitrogens with two attached hydrogens (primary N) is 1. The van der Waals surface area contributed by atoms with Crippen LogP contribution in [0.3, 0.4) is 0 Å². The molecule has 0 saturated heterocycles. The fraction of sp³-hybridized carbons (Fsp3) is 0.300. The normalized spacial score (nSPS) is 10.6. The number of hydrogen-bond acceptors (Lipinski definition) is 6. The maximum absolute atomic E-state index is 5.94. The fourth-order valence-electron chi connectivity index (χ4n) is 1.13. The zero-order chi connectivity index (χ0) is 11.5. The monoisotopic (exact) mass is 252 g/mol. The smallest absolute Gasteiger partial charge is 0.176 e. The average molecular weight is 252 g/mol.